The standard InChI is InChI=1S/C17H18ClNO2S/c18-14-7-5-13(6-8-14)17(20)19(11-15-3-1-9-21-15)12-16-4-2-10-22-16/h2,4-8,10,15H,1,3,9,11-12H2. The van der Waals surface area contributed by atoms with Crippen LogP contribution >= 0.6 is 22.9 Å². The normalized spacial score (nSPS) is 17.6. The van der Waals surface area contributed by atoms with Crippen molar-refractivity contribution in [2.45, 2.75) is 25.5 Å². The van der Waals surface area contributed by atoms with Crippen LogP contribution in [0.15, 0.2) is 41.8 Å². The van der Waals surface area contributed by atoms with E-state index in [0.29, 0.717) is 23.7 Å². The fourth-order valence-electron chi connectivity index (χ4n) is 2.62. The molecule has 22 heavy (non-hydrogen) atoms. The minimum Gasteiger partial charge on any atom is -0.376 e. The minimum atomic E-state index is 0.0283. The van der Waals surface area contributed by atoms with Gasteiger partial charge in [-0.25, -0.2) is 0 Å². The molecule has 1 aliphatic rings. The lowest BCUT2D eigenvalue weighted by molar-refractivity contribution is 0.0509. The molecule has 0 bridgehead atoms. The van der Waals surface area contributed by atoms with E-state index in [1.807, 2.05) is 16.3 Å². The van der Waals surface area contributed by atoms with Gasteiger partial charge in [0.15, 0.2) is 0 Å². The average Bonchev–Trinajstić information content (AvgIpc) is 3.20. The predicted molar refractivity (Wildman–Crippen MR) is 89.5 cm³/mol. The highest BCUT2D eigenvalue weighted by Gasteiger charge is 2.23. The van der Waals surface area contributed by atoms with Crippen molar-refractivity contribution in [3.05, 3.63) is 57.2 Å². The first-order valence-electron chi connectivity index (χ1n) is 7.41. The number of carbonyl (C=O) groups is 1. The number of halogens is 1. The highest BCUT2D eigenvalue weighted by molar-refractivity contribution is 7.09. The second-order valence-corrected chi connectivity index (χ2v) is 6.88. The highest BCUT2D eigenvalue weighted by Crippen LogP contribution is 2.20. The number of benzene rings is 1. The smallest absolute Gasteiger partial charge is 0.254 e. The zero-order chi connectivity index (χ0) is 15.4. The summed E-state index contributed by atoms with van der Waals surface area (Å²) >= 11 is 7.57. The van der Waals surface area contributed by atoms with Crippen molar-refractivity contribution < 1.29 is 9.53 Å². The van der Waals surface area contributed by atoms with Crippen LogP contribution in [0.3, 0.4) is 0 Å². The van der Waals surface area contributed by atoms with Crippen LogP contribution in [-0.2, 0) is 11.3 Å². The molecule has 1 aromatic carbocycles. The molecule has 5 heteroatoms. The van der Waals surface area contributed by atoms with Gasteiger partial charge in [0.1, 0.15) is 0 Å². The Hall–Kier alpha value is -1.36. The Kier molecular flexibility index (Phi) is 5.13. The summed E-state index contributed by atoms with van der Waals surface area (Å²) in [7, 11) is 0. The third-order valence-corrected chi connectivity index (χ3v) is 4.87. The number of hydrogen-bond acceptors (Lipinski definition) is 3. The fraction of sp³-hybridized carbons (Fsp3) is 0.353. The number of amides is 1. The van der Waals surface area contributed by atoms with Gasteiger partial charge in [-0.05, 0) is 48.6 Å². The topological polar surface area (TPSA) is 29.5 Å². The van der Waals surface area contributed by atoms with Gasteiger partial charge >= 0.3 is 0 Å². The van der Waals surface area contributed by atoms with Crippen molar-refractivity contribution >= 4 is 28.8 Å². The van der Waals surface area contributed by atoms with Gasteiger partial charge in [0.05, 0.1) is 12.6 Å². The molecular weight excluding hydrogens is 318 g/mol. The lowest BCUT2D eigenvalue weighted by atomic mass is 10.1. The first-order valence-corrected chi connectivity index (χ1v) is 8.67. The van der Waals surface area contributed by atoms with Gasteiger partial charge < -0.3 is 9.64 Å². The van der Waals surface area contributed by atoms with Crippen molar-refractivity contribution in [1.82, 2.24) is 4.90 Å². The molecule has 1 saturated heterocycles. The minimum absolute atomic E-state index is 0.0283. The summed E-state index contributed by atoms with van der Waals surface area (Å²) in [6, 6.07) is 11.1. The van der Waals surface area contributed by atoms with E-state index in [1.54, 1.807) is 35.6 Å². The Labute approximate surface area is 139 Å². The molecule has 0 aliphatic carbocycles. The Morgan fingerprint density at radius 1 is 1.32 bits per heavy atom. The molecule has 0 N–H and O–H groups in total. The van der Waals surface area contributed by atoms with Crippen LogP contribution in [0.25, 0.3) is 0 Å². The van der Waals surface area contributed by atoms with Crippen molar-refractivity contribution in [3.63, 3.8) is 0 Å². The molecule has 3 rings (SSSR count). The maximum atomic E-state index is 12.8. The second kappa shape index (κ2) is 7.27. The first-order chi connectivity index (χ1) is 10.7. The van der Waals surface area contributed by atoms with Crippen molar-refractivity contribution in [1.29, 1.82) is 0 Å². The van der Waals surface area contributed by atoms with Gasteiger partial charge in [-0.15, -0.1) is 11.3 Å². The van der Waals surface area contributed by atoms with Crippen molar-refractivity contribution in [2.75, 3.05) is 13.2 Å². The van der Waals surface area contributed by atoms with Gasteiger partial charge in [0.25, 0.3) is 5.91 Å². The van der Waals surface area contributed by atoms with Crippen LogP contribution < -0.4 is 0 Å². The van der Waals surface area contributed by atoms with Gasteiger partial charge in [-0.2, -0.15) is 0 Å². The third-order valence-electron chi connectivity index (χ3n) is 3.75. The summed E-state index contributed by atoms with van der Waals surface area (Å²) in [6.45, 7) is 2.06. The van der Waals surface area contributed by atoms with Crippen molar-refractivity contribution in [3.8, 4) is 0 Å². The SMILES string of the molecule is O=C(c1ccc(Cl)cc1)N(Cc1cccs1)CC1CCCO1. The Bertz CT molecular complexity index is 606. The lowest BCUT2D eigenvalue weighted by Crippen LogP contribution is -2.36. The monoisotopic (exact) mass is 335 g/mol. The van der Waals surface area contributed by atoms with Gasteiger partial charge in [0, 0.05) is 28.6 Å². The molecule has 1 fully saturated rings. The first kappa shape index (κ1) is 15.5. The Morgan fingerprint density at radius 2 is 2.14 bits per heavy atom. The van der Waals surface area contributed by atoms with Crippen LogP contribution in [0.1, 0.15) is 28.1 Å². The molecule has 2 heterocycles. The van der Waals surface area contributed by atoms with E-state index in [0.717, 1.165) is 19.4 Å². The molecule has 1 unspecified atom stereocenters. The fourth-order valence-corrected chi connectivity index (χ4v) is 3.46. The largest absolute Gasteiger partial charge is 0.376 e. The van der Waals surface area contributed by atoms with E-state index in [-0.39, 0.29) is 12.0 Å². The molecule has 0 spiro atoms. The van der Waals surface area contributed by atoms with E-state index < -0.39 is 0 Å². The van der Waals surface area contributed by atoms with Crippen molar-refractivity contribution in [2.24, 2.45) is 0 Å². The van der Waals surface area contributed by atoms with E-state index in [4.69, 9.17) is 16.3 Å². The predicted octanol–water partition coefficient (Wildman–Crippen LogP) is 4.22. The number of ether oxygens (including phenoxy) is 1. The number of thiophene rings is 1. The lowest BCUT2D eigenvalue weighted by Gasteiger charge is -2.25. The number of hydrogen-bond donors (Lipinski definition) is 0. The molecule has 1 aliphatic heterocycles. The summed E-state index contributed by atoms with van der Waals surface area (Å²) in [4.78, 5) is 15.9. The van der Waals surface area contributed by atoms with Gasteiger partial charge in [0.2, 0.25) is 0 Å². The van der Waals surface area contributed by atoms with Crippen LogP contribution in [0.5, 0.6) is 0 Å². The highest BCUT2D eigenvalue weighted by atomic mass is 35.5. The quantitative estimate of drug-likeness (QED) is 0.818. The summed E-state index contributed by atoms with van der Waals surface area (Å²) < 4.78 is 5.70. The number of rotatable bonds is 5. The maximum Gasteiger partial charge on any atom is 0.254 e. The Morgan fingerprint density at radius 3 is 2.77 bits per heavy atom. The van der Waals surface area contributed by atoms with Gasteiger partial charge in [-0.1, -0.05) is 17.7 Å². The van der Waals surface area contributed by atoms with Crippen LogP contribution in [0, 0.1) is 0 Å². The van der Waals surface area contributed by atoms with Crippen LogP contribution in [0.2, 0.25) is 5.02 Å². The van der Waals surface area contributed by atoms with Gasteiger partial charge in [-0.3, -0.25) is 4.79 Å². The average molecular weight is 336 g/mol. The zero-order valence-corrected chi connectivity index (χ0v) is 13.8. The summed E-state index contributed by atoms with van der Waals surface area (Å²) in [6.07, 6.45) is 2.25. The van der Waals surface area contributed by atoms with Crippen LogP contribution in [0.4, 0.5) is 0 Å². The molecule has 116 valence electrons. The Balaban J connectivity index is 1.76. The van der Waals surface area contributed by atoms with E-state index >= 15 is 0 Å². The molecular formula is C17H18ClNO2S. The van der Waals surface area contributed by atoms with E-state index in [1.165, 1.54) is 4.88 Å². The summed E-state index contributed by atoms with van der Waals surface area (Å²) in [5.74, 6) is 0.0283. The third kappa shape index (κ3) is 3.88. The molecule has 0 radical (unpaired) electrons. The molecule has 1 atom stereocenters. The molecule has 1 amide bonds. The number of carbonyl (C=O) groups excluding carboxylic acids is 1. The van der Waals surface area contributed by atoms with Crippen LogP contribution in [-0.4, -0.2) is 30.1 Å². The summed E-state index contributed by atoms with van der Waals surface area (Å²) in [5.41, 5.74) is 0.666. The second-order valence-electron chi connectivity index (χ2n) is 5.41. The van der Waals surface area contributed by atoms with E-state index in [9.17, 15) is 4.79 Å². The molecule has 1 aromatic heterocycles. The molecule has 0 saturated carbocycles. The molecule has 3 nitrogen and oxygen atoms in total. The zero-order valence-electron chi connectivity index (χ0n) is 12.2. The summed E-state index contributed by atoms with van der Waals surface area (Å²) in [5, 5.41) is 2.67. The maximum absolute atomic E-state index is 12.8. The molecule has 2 aromatic rings. The number of nitrogens with zero attached hydrogens (tertiary/aromatic N) is 1. The van der Waals surface area contributed by atoms with E-state index in [2.05, 4.69) is 6.07 Å².